The summed E-state index contributed by atoms with van der Waals surface area (Å²) >= 11 is 2.27. The maximum atomic E-state index is 10.0. The van der Waals surface area contributed by atoms with Crippen molar-refractivity contribution >= 4 is 30.4 Å². The molecule has 4 heteroatoms. The van der Waals surface area contributed by atoms with Crippen molar-refractivity contribution in [2.75, 3.05) is 0 Å². The zero-order valence-corrected chi connectivity index (χ0v) is 22.6. The Morgan fingerprint density at radius 3 is 2.67 bits per heavy atom. The normalized spacial score (nSPS) is 43.5. The lowest BCUT2D eigenvalue weighted by Gasteiger charge is -2.58. The SMILES string of the molecule is CC(C)(O)CCCCC1CCC2C3CC=C4CC(OSI)CCC4(C)C3CCC12C. The Balaban J connectivity index is 1.42. The summed E-state index contributed by atoms with van der Waals surface area (Å²) in [5, 5.41) is 10.0. The molecule has 4 rings (SSSR count). The molecule has 2 nitrogen and oxygen atoms in total. The highest BCUT2D eigenvalue weighted by molar-refractivity contribution is 14.2. The van der Waals surface area contributed by atoms with Gasteiger partial charge in [0.15, 0.2) is 0 Å². The van der Waals surface area contributed by atoms with Crippen LogP contribution in [0, 0.1) is 34.5 Å². The standard InChI is InChI=1S/C26H43IO2S/c1-24(2,28)14-6-5-7-18-9-11-22-21-10-8-19-17-20(29-30-27)12-15-26(19,4)23(21)13-16-25(18,22)3/h8,18,20-23,28H,5-7,9-17H2,1-4H3. The predicted octanol–water partition coefficient (Wildman–Crippen LogP) is 8.28. The molecule has 172 valence electrons. The van der Waals surface area contributed by atoms with Gasteiger partial charge in [-0.25, -0.2) is 0 Å². The number of fused-ring (bicyclic) bond motifs is 5. The number of allylic oxidation sites excluding steroid dienone is 1. The Bertz CT molecular complexity index is 643. The number of unbranched alkanes of at least 4 members (excludes halogenated alkanes) is 1. The molecule has 3 saturated carbocycles. The van der Waals surface area contributed by atoms with Gasteiger partial charge in [-0.3, -0.25) is 0 Å². The first-order valence-corrected chi connectivity index (χ1v) is 15.8. The number of aliphatic hydroxyl groups is 1. The van der Waals surface area contributed by atoms with E-state index in [-0.39, 0.29) is 0 Å². The number of hydrogen-bond acceptors (Lipinski definition) is 3. The van der Waals surface area contributed by atoms with E-state index in [9.17, 15) is 5.11 Å². The second kappa shape index (κ2) is 9.18. The number of rotatable bonds is 7. The average molecular weight is 547 g/mol. The quantitative estimate of drug-likeness (QED) is 0.151. The molecule has 0 heterocycles. The van der Waals surface area contributed by atoms with Crippen molar-refractivity contribution in [2.45, 2.75) is 116 Å². The second-order valence-corrected chi connectivity index (χ2v) is 13.6. The van der Waals surface area contributed by atoms with Gasteiger partial charge in [0.05, 0.1) is 20.9 Å². The summed E-state index contributed by atoms with van der Waals surface area (Å²) < 4.78 is 5.93. The van der Waals surface area contributed by atoms with Gasteiger partial charge in [0.1, 0.15) is 0 Å². The highest BCUT2D eigenvalue weighted by atomic mass is 127. The van der Waals surface area contributed by atoms with Crippen LogP contribution >= 0.6 is 30.4 Å². The highest BCUT2D eigenvalue weighted by Gasteiger charge is 2.58. The van der Waals surface area contributed by atoms with Crippen molar-refractivity contribution in [2.24, 2.45) is 34.5 Å². The van der Waals surface area contributed by atoms with Crippen LogP contribution in [0.2, 0.25) is 0 Å². The van der Waals surface area contributed by atoms with E-state index in [0.29, 0.717) is 16.9 Å². The zero-order chi connectivity index (χ0) is 21.6. The van der Waals surface area contributed by atoms with E-state index in [1.165, 1.54) is 79.8 Å². The van der Waals surface area contributed by atoms with Gasteiger partial charge in [0.25, 0.3) is 0 Å². The fourth-order valence-electron chi connectivity index (χ4n) is 8.29. The molecule has 4 aliphatic rings. The summed E-state index contributed by atoms with van der Waals surface area (Å²) in [5.74, 6) is 3.66. The third-order valence-corrected chi connectivity index (χ3v) is 11.0. The highest BCUT2D eigenvalue weighted by Crippen LogP contribution is 2.66. The molecule has 0 amide bonds. The molecule has 0 aromatic carbocycles. The van der Waals surface area contributed by atoms with Crippen LogP contribution in [0.15, 0.2) is 11.6 Å². The fourth-order valence-corrected chi connectivity index (χ4v) is 9.44. The Kier molecular flexibility index (Phi) is 7.31. The van der Waals surface area contributed by atoms with Crippen molar-refractivity contribution < 1.29 is 9.29 Å². The molecule has 0 aromatic heterocycles. The van der Waals surface area contributed by atoms with Crippen LogP contribution in [-0.2, 0) is 4.18 Å². The van der Waals surface area contributed by atoms with Crippen molar-refractivity contribution in [3.63, 3.8) is 0 Å². The van der Waals surface area contributed by atoms with Crippen LogP contribution in [0.4, 0.5) is 0 Å². The van der Waals surface area contributed by atoms with E-state index < -0.39 is 5.60 Å². The van der Waals surface area contributed by atoms with Gasteiger partial charge in [0.2, 0.25) is 0 Å². The lowest BCUT2D eigenvalue weighted by Crippen LogP contribution is -2.50. The second-order valence-electron chi connectivity index (χ2n) is 12.2. The molecular weight excluding hydrogens is 503 g/mol. The first-order valence-electron chi connectivity index (χ1n) is 12.5. The van der Waals surface area contributed by atoms with E-state index >= 15 is 0 Å². The molecule has 0 aliphatic heterocycles. The van der Waals surface area contributed by atoms with Crippen molar-refractivity contribution in [3.8, 4) is 0 Å². The molecule has 7 atom stereocenters. The third kappa shape index (κ3) is 4.55. The lowest BCUT2D eigenvalue weighted by molar-refractivity contribution is -0.0484. The molecule has 7 unspecified atom stereocenters. The maximum absolute atomic E-state index is 10.0. The molecule has 0 bridgehead atoms. The first kappa shape index (κ1) is 23.9. The van der Waals surface area contributed by atoms with Gasteiger partial charge >= 0.3 is 0 Å². The Morgan fingerprint density at radius 1 is 1.13 bits per heavy atom. The van der Waals surface area contributed by atoms with E-state index in [1.807, 2.05) is 13.8 Å². The Labute approximate surface area is 201 Å². The smallest absolute Gasteiger partial charge is 0.0769 e. The summed E-state index contributed by atoms with van der Waals surface area (Å²) in [6, 6.07) is 0. The minimum absolute atomic E-state index is 0.427. The van der Waals surface area contributed by atoms with Gasteiger partial charge in [-0.1, -0.05) is 38.3 Å². The van der Waals surface area contributed by atoms with E-state index in [1.54, 1.807) is 5.57 Å². The molecule has 4 aliphatic carbocycles. The Morgan fingerprint density at radius 2 is 1.93 bits per heavy atom. The number of halogens is 1. The van der Waals surface area contributed by atoms with E-state index in [4.69, 9.17) is 4.18 Å². The monoisotopic (exact) mass is 546 g/mol. The molecule has 0 saturated heterocycles. The lowest BCUT2D eigenvalue weighted by atomic mass is 9.47. The Hall–Kier alpha value is 0.740. The predicted molar refractivity (Wildman–Crippen MR) is 136 cm³/mol. The summed E-state index contributed by atoms with van der Waals surface area (Å²) in [6.07, 6.45) is 18.7. The molecule has 0 aromatic rings. The molecule has 3 fully saturated rings. The minimum Gasteiger partial charge on any atom is -0.390 e. The van der Waals surface area contributed by atoms with Crippen LogP contribution in [0.5, 0.6) is 0 Å². The van der Waals surface area contributed by atoms with Gasteiger partial charge in [-0.15, -0.1) is 0 Å². The molecule has 0 spiro atoms. The van der Waals surface area contributed by atoms with Gasteiger partial charge in [0, 0.05) is 21.2 Å². The van der Waals surface area contributed by atoms with Crippen molar-refractivity contribution in [1.82, 2.24) is 0 Å². The minimum atomic E-state index is -0.499. The summed E-state index contributed by atoms with van der Waals surface area (Å²) in [6.45, 7) is 9.17. The average Bonchev–Trinajstić information content (AvgIpc) is 3.01. The van der Waals surface area contributed by atoms with Crippen LogP contribution in [0.3, 0.4) is 0 Å². The summed E-state index contributed by atoms with van der Waals surface area (Å²) in [7, 11) is 1.52. The van der Waals surface area contributed by atoms with E-state index in [0.717, 1.165) is 30.1 Å². The zero-order valence-electron chi connectivity index (χ0n) is 19.6. The molecule has 1 N–H and O–H groups in total. The first-order chi connectivity index (χ1) is 14.2. The molecule has 30 heavy (non-hydrogen) atoms. The largest absolute Gasteiger partial charge is 0.390 e. The molecular formula is C26H43IO2S. The van der Waals surface area contributed by atoms with E-state index in [2.05, 4.69) is 41.1 Å². The topological polar surface area (TPSA) is 29.5 Å². The summed E-state index contributed by atoms with van der Waals surface area (Å²) in [4.78, 5) is 0. The van der Waals surface area contributed by atoms with Crippen LogP contribution < -0.4 is 0 Å². The van der Waals surface area contributed by atoms with Crippen LogP contribution in [0.25, 0.3) is 0 Å². The van der Waals surface area contributed by atoms with Crippen LogP contribution in [-0.4, -0.2) is 16.8 Å². The van der Waals surface area contributed by atoms with Gasteiger partial charge in [-0.2, -0.15) is 0 Å². The van der Waals surface area contributed by atoms with Crippen molar-refractivity contribution in [3.05, 3.63) is 11.6 Å². The summed E-state index contributed by atoms with van der Waals surface area (Å²) in [5.41, 5.74) is 2.23. The maximum Gasteiger partial charge on any atom is 0.0769 e. The third-order valence-electron chi connectivity index (χ3n) is 10.0. The van der Waals surface area contributed by atoms with Crippen LogP contribution in [0.1, 0.15) is 105 Å². The fraction of sp³-hybridized carbons (Fsp3) is 0.923. The van der Waals surface area contributed by atoms with Gasteiger partial charge < -0.3 is 9.29 Å². The van der Waals surface area contributed by atoms with Gasteiger partial charge in [-0.05, 0) is 113 Å². The molecule has 0 radical (unpaired) electrons. The van der Waals surface area contributed by atoms with Crippen molar-refractivity contribution in [1.29, 1.82) is 0 Å². The number of hydrogen-bond donors (Lipinski definition) is 1.